The third kappa shape index (κ3) is 9.17. The number of aryl methyl sites for hydroxylation is 1. The Hall–Kier alpha value is -3.75. The molecule has 14 heteroatoms. The predicted octanol–water partition coefficient (Wildman–Crippen LogP) is 5.04. The van der Waals surface area contributed by atoms with Crippen molar-refractivity contribution in [1.29, 1.82) is 0 Å². The van der Waals surface area contributed by atoms with E-state index < -0.39 is 35.9 Å². The lowest BCUT2D eigenvalue weighted by atomic mass is 10.0. The average Bonchev–Trinajstić information content (AvgIpc) is 3.01. The van der Waals surface area contributed by atoms with Gasteiger partial charge in [-0.2, -0.15) is 26.3 Å². The summed E-state index contributed by atoms with van der Waals surface area (Å²) in [6.07, 6.45) is -8.60. The minimum atomic E-state index is -4.98. The first kappa shape index (κ1) is 35.1. The molecule has 0 saturated carbocycles. The quantitative estimate of drug-likeness (QED) is 0.388. The summed E-state index contributed by atoms with van der Waals surface area (Å²) in [6, 6.07) is 8.58. The first-order chi connectivity index (χ1) is 21.6. The summed E-state index contributed by atoms with van der Waals surface area (Å²) in [5.74, 6) is -0.197. The molecule has 46 heavy (non-hydrogen) atoms. The van der Waals surface area contributed by atoms with Crippen LogP contribution < -0.4 is 10.2 Å². The zero-order chi connectivity index (χ0) is 33.6. The van der Waals surface area contributed by atoms with Crippen LogP contribution in [-0.2, 0) is 18.9 Å². The predicted molar refractivity (Wildman–Crippen MR) is 165 cm³/mol. The Morgan fingerprint density at radius 3 is 1.96 bits per heavy atom. The van der Waals surface area contributed by atoms with Crippen molar-refractivity contribution in [3.05, 3.63) is 76.5 Å². The van der Waals surface area contributed by atoms with Gasteiger partial charge in [0.2, 0.25) is 5.95 Å². The van der Waals surface area contributed by atoms with Crippen molar-refractivity contribution in [2.24, 2.45) is 0 Å². The van der Waals surface area contributed by atoms with Crippen LogP contribution in [0.1, 0.15) is 32.6 Å². The van der Waals surface area contributed by atoms with Crippen LogP contribution in [0.3, 0.4) is 0 Å². The molecule has 1 N–H and O–H groups in total. The third-order valence-corrected chi connectivity index (χ3v) is 7.95. The molecule has 0 spiro atoms. The number of hydrogen-bond donors (Lipinski definition) is 1. The lowest BCUT2D eigenvalue weighted by molar-refractivity contribution is -0.143. The third-order valence-electron chi connectivity index (χ3n) is 7.95. The number of nitrogens with one attached hydrogen (secondary N) is 1. The summed E-state index contributed by atoms with van der Waals surface area (Å²) in [5, 5.41) is 3.27. The number of carbonyl (C=O) groups excluding carboxylic acids is 1. The summed E-state index contributed by atoms with van der Waals surface area (Å²) in [5.41, 5.74) is -1.24. The fourth-order valence-corrected chi connectivity index (χ4v) is 5.17. The van der Waals surface area contributed by atoms with Gasteiger partial charge in [-0.3, -0.25) is 4.79 Å². The Kier molecular flexibility index (Phi) is 11.3. The van der Waals surface area contributed by atoms with Gasteiger partial charge in [0, 0.05) is 77.7 Å². The molecule has 8 nitrogen and oxygen atoms in total. The van der Waals surface area contributed by atoms with Gasteiger partial charge in [-0.15, -0.1) is 0 Å². The van der Waals surface area contributed by atoms with Crippen LogP contribution in [0.2, 0.25) is 0 Å². The maximum Gasteiger partial charge on any atom is 0.416 e. The lowest BCUT2D eigenvalue weighted by Crippen LogP contribution is -2.45. The average molecular weight is 652 g/mol. The monoisotopic (exact) mass is 651 g/mol. The number of nitrogens with zero attached hydrogens (tertiary/aromatic N) is 6. The highest BCUT2D eigenvalue weighted by atomic mass is 19.4. The Balaban J connectivity index is 0.000000606. The number of rotatable bonds is 5. The van der Waals surface area contributed by atoms with Crippen molar-refractivity contribution in [2.75, 3.05) is 78.4 Å². The van der Waals surface area contributed by atoms with Crippen LogP contribution in [0, 0.1) is 6.92 Å². The molecule has 3 aromatic rings. The molecule has 250 valence electrons. The van der Waals surface area contributed by atoms with Crippen LogP contribution >= 0.6 is 0 Å². The highest BCUT2D eigenvalue weighted by Crippen LogP contribution is 2.37. The van der Waals surface area contributed by atoms with Crippen LogP contribution in [0.25, 0.3) is 11.3 Å². The van der Waals surface area contributed by atoms with E-state index in [9.17, 15) is 31.1 Å². The first-order valence-electron chi connectivity index (χ1n) is 14.9. The minimum absolute atomic E-state index is 0.0620. The number of piperazine rings is 2. The molecule has 2 saturated heterocycles. The van der Waals surface area contributed by atoms with Crippen LogP contribution in [0.5, 0.6) is 0 Å². The Morgan fingerprint density at radius 2 is 1.43 bits per heavy atom. The fourth-order valence-electron chi connectivity index (χ4n) is 5.17. The normalized spacial score (nSPS) is 16.5. The summed E-state index contributed by atoms with van der Waals surface area (Å²) >= 11 is 0. The number of halogens is 6. The van der Waals surface area contributed by atoms with Crippen molar-refractivity contribution in [3.63, 3.8) is 0 Å². The molecule has 0 bridgehead atoms. The Bertz CT molecular complexity index is 1450. The number of hydrogen-bond acceptors (Lipinski definition) is 7. The summed E-state index contributed by atoms with van der Waals surface area (Å²) in [7, 11) is 5.48. The molecule has 1 amide bonds. The van der Waals surface area contributed by atoms with Gasteiger partial charge < -0.3 is 24.9 Å². The van der Waals surface area contributed by atoms with E-state index in [0.29, 0.717) is 42.4 Å². The van der Waals surface area contributed by atoms with Gasteiger partial charge >= 0.3 is 12.4 Å². The van der Waals surface area contributed by atoms with Gasteiger partial charge in [0.15, 0.2) is 0 Å². The number of carbonyl (C=O) groups is 1. The van der Waals surface area contributed by atoms with Crippen LogP contribution in [-0.4, -0.2) is 104 Å². The molecular formula is C32H39F6N7O. The van der Waals surface area contributed by atoms with Crippen molar-refractivity contribution < 1.29 is 31.1 Å². The van der Waals surface area contributed by atoms with Gasteiger partial charge in [0.05, 0.1) is 22.4 Å². The Labute approximate surface area is 265 Å². The lowest BCUT2D eigenvalue weighted by Gasteiger charge is -2.32. The number of aromatic nitrogens is 2. The highest BCUT2D eigenvalue weighted by Gasteiger charge is 2.37. The zero-order valence-electron chi connectivity index (χ0n) is 26.3. The van der Waals surface area contributed by atoms with E-state index in [4.69, 9.17) is 4.98 Å². The van der Waals surface area contributed by atoms with E-state index in [1.54, 1.807) is 12.1 Å². The van der Waals surface area contributed by atoms with E-state index in [1.165, 1.54) is 26.3 Å². The number of amides is 1. The molecule has 3 heterocycles. The summed E-state index contributed by atoms with van der Waals surface area (Å²) in [4.78, 5) is 30.2. The summed E-state index contributed by atoms with van der Waals surface area (Å²) in [6.45, 7) is 9.10. The van der Waals surface area contributed by atoms with Crippen molar-refractivity contribution >= 4 is 11.9 Å². The number of anilines is 1. The smallest absolute Gasteiger partial charge is 0.338 e. The molecule has 0 aliphatic carbocycles. The van der Waals surface area contributed by atoms with E-state index in [1.807, 2.05) is 31.0 Å². The van der Waals surface area contributed by atoms with Crippen molar-refractivity contribution in [2.45, 2.75) is 25.8 Å². The molecule has 0 atom stereocenters. The van der Waals surface area contributed by atoms with Crippen LogP contribution in [0.15, 0.2) is 48.7 Å². The second-order valence-corrected chi connectivity index (χ2v) is 11.7. The SMILES string of the molecule is CN1CCNCC1.Cc1ccccc1-c1nc(N2CCN(C)CC2)ncc1C(=O)N(C)Cc1cc(C(F)(F)F)cc(C(F)(F)F)c1. The standard InChI is InChI=1S/C27H27F6N5O.C5H12N2/c1-17-6-4-5-7-21(17)23-22(15-34-25(35-23)38-10-8-36(2)9-11-38)24(39)37(3)16-18-12-19(26(28,29)30)14-20(13-18)27(31,32)33;1-7-4-2-6-3-5-7/h4-7,12-15H,8-11,16H2,1-3H3;6H,2-5H2,1H3. The fraction of sp³-hybridized carbons (Fsp3) is 0.469. The second-order valence-electron chi connectivity index (χ2n) is 11.7. The number of alkyl halides is 6. The van der Waals surface area contributed by atoms with Gasteiger partial charge in [-0.25, -0.2) is 9.97 Å². The summed E-state index contributed by atoms with van der Waals surface area (Å²) < 4.78 is 79.9. The van der Waals surface area contributed by atoms with Crippen molar-refractivity contribution in [1.82, 2.24) is 30.0 Å². The largest absolute Gasteiger partial charge is 0.416 e. The molecule has 2 aliphatic heterocycles. The van der Waals surface area contributed by atoms with E-state index in [-0.39, 0.29) is 17.2 Å². The molecule has 2 aromatic carbocycles. The zero-order valence-corrected chi connectivity index (χ0v) is 26.3. The molecule has 0 unspecified atom stereocenters. The first-order valence-corrected chi connectivity index (χ1v) is 14.9. The van der Waals surface area contributed by atoms with E-state index >= 15 is 0 Å². The molecule has 1 aromatic heterocycles. The van der Waals surface area contributed by atoms with Gasteiger partial charge in [0.1, 0.15) is 0 Å². The van der Waals surface area contributed by atoms with E-state index in [2.05, 4.69) is 27.1 Å². The van der Waals surface area contributed by atoms with Gasteiger partial charge in [0.25, 0.3) is 5.91 Å². The van der Waals surface area contributed by atoms with E-state index in [0.717, 1.165) is 36.6 Å². The van der Waals surface area contributed by atoms with Crippen molar-refractivity contribution in [3.8, 4) is 11.3 Å². The molecule has 2 aliphatic rings. The number of likely N-dealkylation sites (N-methyl/N-ethyl adjacent to an activating group) is 2. The molecule has 2 fully saturated rings. The Morgan fingerprint density at radius 1 is 0.870 bits per heavy atom. The molecule has 5 rings (SSSR count). The van der Waals surface area contributed by atoms with Gasteiger partial charge in [-0.05, 0) is 50.3 Å². The minimum Gasteiger partial charge on any atom is -0.338 e. The number of benzene rings is 2. The van der Waals surface area contributed by atoms with Gasteiger partial charge in [-0.1, -0.05) is 24.3 Å². The maximum absolute atomic E-state index is 13.5. The topological polar surface area (TPSA) is 67.8 Å². The van der Waals surface area contributed by atoms with Crippen LogP contribution in [0.4, 0.5) is 32.3 Å². The maximum atomic E-state index is 13.5. The molecule has 0 radical (unpaired) electrons. The molecular weight excluding hydrogens is 612 g/mol. The second kappa shape index (κ2) is 14.8. The highest BCUT2D eigenvalue weighted by molar-refractivity contribution is 6.00.